The lowest BCUT2D eigenvalue weighted by Crippen LogP contribution is -2.06. The van der Waals surface area contributed by atoms with Gasteiger partial charge in [-0.2, -0.15) is 0 Å². The van der Waals surface area contributed by atoms with E-state index in [-0.39, 0.29) is 12.2 Å². The van der Waals surface area contributed by atoms with E-state index < -0.39 is 0 Å². The Balaban J connectivity index is 2.26. The molecule has 0 bridgehead atoms. The van der Waals surface area contributed by atoms with Crippen molar-refractivity contribution in [2.75, 3.05) is 0 Å². The van der Waals surface area contributed by atoms with Crippen LogP contribution in [-0.2, 0) is 12.8 Å². The van der Waals surface area contributed by atoms with Gasteiger partial charge in [0.05, 0.1) is 12.2 Å². The van der Waals surface area contributed by atoms with Crippen LogP contribution in [0.2, 0.25) is 0 Å². The first kappa shape index (κ1) is 16.1. The average Bonchev–Trinajstić information content (AvgIpc) is 2.42. The monoisotopic (exact) mass is 302 g/mol. The number of rotatable bonds is 6. The molecule has 0 aliphatic heterocycles. The molecule has 0 saturated carbocycles. The van der Waals surface area contributed by atoms with Crippen LogP contribution < -0.4 is 0 Å². The maximum Gasteiger partial charge on any atom is 0.0552 e. The molecule has 2 N–H and O–H groups in total. The predicted molar refractivity (Wildman–Crippen MR) is 87.8 cm³/mol. The molecule has 2 aromatic carbocycles. The quantitative estimate of drug-likeness (QED) is 0.855. The van der Waals surface area contributed by atoms with Gasteiger partial charge in [0.15, 0.2) is 0 Å². The Morgan fingerprint density at radius 2 is 1.14 bits per heavy atom. The van der Waals surface area contributed by atoms with Gasteiger partial charge in [-0.3, -0.25) is 0 Å². The van der Waals surface area contributed by atoms with Gasteiger partial charge < -0.3 is 10.2 Å². The molecule has 0 aliphatic rings. The Hall–Kier alpha value is -1.29. The van der Waals surface area contributed by atoms with Gasteiger partial charge in [-0.05, 0) is 49.9 Å². The summed E-state index contributed by atoms with van der Waals surface area (Å²) in [6.07, 6.45) is 0.614. The zero-order valence-electron chi connectivity index (χ0n) is 12.5. The second-order valence-electron chi connectivity index (χ2n) is 5.42. The highest BCUT2D eigenvalue weighted by Gasteiger charge is 2.10. The van der Waals surface area contributed by atoms with Crippen LogP contribution in [0.3, 0.4) is 0 Å². The molecular weight excluding hydrogens is 280 g/mol. The molecule has 2 aromatic rings. The maximum absolute atomic E-state index is 9.63. The molecule has 2 unspecified atom stereocenters. The van der Waals surface area contributed by atoms with Crippen LogP contribution in [0.5, 0.6) is 0 Å². The summed E-state index contributed by atoms with van der Waals surface area (Å²) in [5.74, 6) is 0. The van der Waals surface area contributed by atoms with Gasteiger partial charge in [0.2, 0.25) is 0 Å². The minimum atomic E-state index is -0.348. The number of hydrogen-bond acceptors (Lipinski definition) is 3. The Kier molecular flexibility index (Phi) is 5.85. The molecule has 21 heavy (non-hydrogen) atoms. The van der Waals surface area contributed by atoms with Crippen molar-refractivity contribution in [2.24, 2.45) is 0 Å². The van der Waals surface area contributed by atoms with Crippen molar-refractivity contribution in [3.8, 4) is 0 Å². The summed E-state index contributed by atoms with van der Waals surface area (Å²) >= 11 is 1.70. The molecule has 3 heteroatoms. The average molecular weight is 302 g/mol. The summed E-state index contributed by atoms with van der Waals surface area (Å²) < 4.78 is 0. The maximum atomic E-state index is 9.63. The minimum absolute atomic E-state index is 0.348. The molecule has 2 atom stereocenters. The van der Waals surface area contributed by atoms with Crippen molar-refractivity contribution >= 4 is 11.8 Å². The normalized spacial score (nSPS) is 13.9. The highest BCUT2D eigenvalue weighted by atomic mass is 32.2. The summed E-state index contributed by atoms with van der Waals surface area (Å²) in [5.41, 5.74) is 2.31. The number of aliphatic hydroxyl groups excluding tert-OH is 2. The Labute approximate surface area is 130 Å². The van der Waals surface area contributed by atoms with Gasteiger partial charge >= 0.3 is 0 Å². The van der Waals surface area contributed by atoms with Crippen LogP contribution in [0.25, 0.3) is 0 Å². The molecule has 2 rings (SSSR count). The number of hydrogen-bond donors (Lipinski definition) is 2. The van der Waals surface area contributed by atoms with Crippen LogP contribution in [0, 0.1) is 0 Å². The Morgan fingerprint density at radius 3 is 1.52 bits per heavy atom. The van der Waals surface area contributed by atoms with Crippen molar-refractivity contribution in [1.29, 1.82) is 0 Å². The molecule has 112 valence electrons. The predicted octanol–water partition coefficient (Wildman–Crippen LogP) is 3.68. The lowest BCUT2D eigenvalue weighted by Gasteiger charge is -2.14. The van der Waals surface area contributed by atoms with Crippen LogP contribution >= 0.6 is 11.8 Å². The molecular formula is C18H22O2S. The van der Waals surface area contributed by atoms with E-state index in [2.05, 4.69) is 24.3 Å². The molecule has 0 fully saturated rings. The van der Waals surface area contributed by atoms with Gasteiger partial charge in [-0.25, -0.2) is 0 Å². The lowest BCUT2D eigenvalue weighted by molar-refractivity contribution is 0.194. The Bertz CT molecular complexity index is 527. The van der Waals surface area contributed by atoms with Crippen molar-refractivity contribution < 1.29 is 10.2 Å². The van der Waals surface area contributed by atoms with Crippen molar-refractivity contribution in [2.45, 2.75) is 48.7 Å². The molecule has 0 saturated heterocycles. The largest absolute Gasteiger partial charge is 0.393 e. The van der Waals surface area contributed by atoms with Crippen molar-refractivity contribution in [3.05, 3.63) is 59.7 Å². The van der Waals surface area contributed by atoms with E-state index in [0.717, 1.165) is 20.9 Å². The topological polar surface area (TPSA) is 40.5 Å². The summed E-state index contributed by atoms with van der Waals surface area (Å²) in [6, 6.07) is 16.3. The van der Waals surface area contributed by atoms with Crippen LogP contribution in [0.15, 0.2) is 58.3 Å². The standard InChI is InChI=1S/C18H22O2S/c1-13(19)11-15-7-3-5-9-17(15)21-18-10-6-4-8-16(18)12-14(2)20/h3-10,13-14,19-20H,11-12H2,1-2H3. The van der Waals surface area contributed by atoms with E-state index in [1.165, 1.54) is 0 Å². The van der Waals surface area contributed by atoms with Crippen LogP contribution in [-0.4, -0.2) is 22.4 Å². The summed E-state index contributed by atoms with van der Waals surface area (Å²) in [7, 11) is 0. The highest BCUT2D eigenvalue weighted by Crippen LogP contribution is 2.33. The van der Waals surface area contributed by atoms with Crippen molar-refractivity contribution in [3.63, 3.8) is 0 Å². The molecule has 2 nitrogen and oxygen atoms in total. The van der Waals surface area contributed by atoms with Crippen LogP contribution in [0.1, 0.15) is 25.0 Å². The number of benzene rings is 2. The third-order valence-corrected chi connectivity index (χ3v) is 4.43. The van der Waals surface area contributed by atoms with E-state index in [4.69, 9.17) is 0 Å². The fraction of sp³-hybridized carbons (Fsp3) is 0.333. The van der Waals surface area contributed by atoms with Gasteiger partial charge in [0, 0.05) is 9.79 Å². The molecule has 0 aliphatic carbocycles. The first-order valence-corrected chi connectivity index (χ1v) is 8.07. The van der Waals surface area contributed by atoms with Crippen molar-refractivity contribution in [1.82, 2.24) is 0 Å². The zero-order valence-corrected chi connectivity index (χ0v) is 13.3. The molecule has 0 heterocycles. The first-order valence-electron chi connectivity index (χ1n) is 7.26. The fourth-order valence-corrected chi connectivity index (χ4v) is 3.39. The van der Waals surface area contributed by atoms with E-state index in [9.17, 15) is 10.2 Å². The molecule has 0 radical (unpaired) electrons. The smallest absolute Gasteiger partial charge is 0.0552 e. The Morgan fingerprint density at radius 1 is 0.762 bits per heavy atom. The molecule has 0 aromatic heterocycles. The van der Waals surface area contributed by atoms with E-state index in [1.54, 1.807) is 11.8 Å². The first-order chi connectivity index (χ1) is 10.1. The molecule has 0 spiro atoms. The summed E-state index contributed by atoms with van der Waals surface area (Å²) in [6.45, 7) is 3.62. The zero-order chi connectivity index (χ0) is 15.2. The second-order valence-corrected chi connectivity index (χ2v) is 6.51. The van der Waals surface area contributed by atoms with E-state index in [0.29, 0.717) is 12.8 Å². The van der Waals surface area contributed by atoms with Gasteiger partial charge in [0.1, 0.15) is 0 Å². The summed E-state index contributed by atoms with van der Waals surface area (Å²) in [5, 5.41) is 19.3. The number of aliphatic hydroxyl groups is 2. The lowest BCUT2D eigenvalue weighted by atomic mass is 10.1. The van der Waals surface area contributed by atoms with E-state index >= 15 is 0 Å². The SMILES string of the molecule is CC(O)Cc1ccccc1Sc1ccccc1CC(C)O. The van der Waals surface area contributed by atoms with E-state index in [1.807, 2.05) is 38.1 Å². The van der Waals surface area contributed by atoms with Crippen LogP contribution in [0.4, 0.5) is 0 Å². The fourth-order valence-electron chi connectivity index (χ4n) is 2.30. The van der Waals surface area contributed by atoms with Gasteiger partial charge in [0.25, 0.3) is 0 Å². The minimum Gasteiger partial charge on any atom is -0.393 e. The second kappa shape index (κ2) is 7.64. The highest BCUT2D eigenvalue weighted by molar-refractivity contribution is 7.99. The van der Waals surface area contributed by atoms with Gasteiger partial charge in [-0.15, -0.1) is 0 Å². The van der Waals surface area contributed by atoms with Gasteiger partial charge in [-0.1, -0.05) is 48.2 Å². The molecule has 0 amide bonds. The third kappa shape index (κ3) is 4.88. The third-order valence-electron chi connectivity index (χ3n) is 3.20. The summed E-state index contributed by atoms with van der Waals surface area (Å²) in [4.78, 5) is 2.33.